The van der Waals surface area contributed by atoms with Crippen molar-refractivity contribution >= 4 is 26.5 Å². The number of hydrogen-bond donors (Lipinski definition) is 0. The quantitative estimate of drug-likeness (QED) is 0.179. The number of hydrogen-bond acceptors (Lipinski definition) is 0. The molecule has 0 saturated heterocycles. The van der Waals surface area contributed by atoms with Crippen LogP contribution in [-0.2, 0) is 17.1 Å². The van der Waals surface area contributed by atoms with Crippen LogP contribution in [-0.4, -0.2) is 21.6 Å². The first-order valence-electron chi connectivity index (χ1n) is 17.1. The summed E-state index contributed by atoms with van der Waals surface area (Å²) < 4.78 is 0. The van der Waals surface area contributed by atoms with E-state index in [0.717, 1.165) is 58.7 Å². The molecule has 0 radical (unpaired) electrons. The average Bonchev–Trinajstić information content (AvgIpc) is 3.55. The normalized spacial score (nSPS) is 39.4. The van der Waals surface area contributed by atoms with Crippen LogP contribution in [0.15, 0.2) is 48.5 Å². The molecule has 0 atom stereocenters. The third kappa shape index (κ3) is 5.92. The first kappa shape index (κ1) is 31.1. The second-order valence-electron chi connectivity index (χ2n) is 17.2. The molecule has 41 heavy (non-hydrogen) atoms. The van der Waals surface area contributed by atoms with Crippen molar-refractivity contribution < 1.29 is 17.1 Å². The molecule has 0 aromatic heterocycles. The minimum atomic E-state index is -0.210. The first-order valence-corrected chi connectivity index (χ1v) is 19.9. The molecule has 0 unspecified atom stereocenters. The van der Waals surface area contributed by atoms with Crippen LogP contribution in [0.25, 0.3) is 0 Å². The van der Waals surface area contributed by atoms with Crippen molar-refractivity contribution in [1.29, 1.82) is 0 Å². The third-order valence-corrected chi connectivity index (χ3v) is 19.8. The van der Waals surface area contributed by atoms with Crippen molar-refractivity contribution in [3.8, 4) is 0 Å². The summed E-state index contributed by atoms with van der Waals surface area (Å²) in [5.74, 6) is 8.71. The molecule has 8 aliphatic carbocycles. The smallest absolute Gasteiger partial charge is 0 e. The van der Waals surface area contributed by atoms with Crippen LogP contribution in [0.4, 0.5) is 0 Å². The Morgan fingerprint density at radius 1 is 0.585 bits per heavy atom. The van der Waals surface area contributed by atoms with Gasteiger partial charge in [0.2, 0.25) is 0 Å². The zero-order chi connectivity index (χ0) is 27.8. The van der Waals surface area contributed by atoms with Gasteiger partial charge in [-0.1, -0.05) is 49.5 Å². The molecule has 2 aromatic rings. The van der Waals surface area contributed by atoms with Gasteiger partial charge in [0, 0.05) is 17.1 Å². The molecule has 3 heteroatoms. The van der Waals surface area contributed by atoms with Crippen LogP contribution in [0, 0.1) is 47.3 Å². The van der Waals surface area contributed by atoms with E-state index in [-0.39, 0.29) is 32.9 Å². The SMILES string of the molecule is CC(C)(C)P([c-]1cccc1P(C1C2CC3CC(C2)CC1C3)C1C2CC3CC(C2)CC1C3)C(C)(C)C.[Fe].[cH-]1[cH-][cH-][cH-][cH-]1. The van der Waals surface area contributed by atoms with Crippen molar-refractivity contribution in [3.63, 3.8) is 0 Å². The maximum atomic E-state index is 2.71. The summed E-state index contributed by atoms with van der Waals surface area (Å²) in [4.78, 5) is 0. The van der Waals surface area contributed by atoms with Gasteiger partial charge in [-0.3, -0.25) is 0 Å². The molecular formula is C38H56FeP2-6. The van der Waals surface area contributed by atoms with Crippen molar-refractivity contribution in [2.45, 2.75) is 127 Å². The van der Waals surface area contributed by atoms with Gasteiger partial charge in [0.1, 0.15) is 0 Å². The Balaban J connectivity index is 0.000000458. The molecule has 10 rings (SSSR count). The first-order chi connectivity index (χ1) is 19.1. The van der Waals surface area contributed by atoms with Crippen LogP contribution in [0.1, 0.15) is 106 Å². The Bertz CT molecular complexity index is 1000. The molecule has 232 valence electrons. The van der Waals surface area contributed by atoms with Crippen LogP contribution < -0.4 is 10.6 Å². The van der Waals surface area contributed by atoms with Gasteiger partial charge in [0.25, 0.3) is 0 Å². The molecule has 2 aromatic carbocycles. The van der Waals surface area contributed by atoms with Gasteiger partial charge < -0.3 is 30.3 Å². The Morgan fingerprint density at radius 2 is 0.927 bits per heavy atom. The monoisotopic (exact) mass is 630 g/mol. The third-order valence-electron chi connectivity index (χ3n) is 12.2. The van der Waals surface area contributed by atoms with E-state index in [9.17, 15) is 0 Å². The van der Waals surface area contributed by atoms with E-state index in [2.05, 4.69) is 59.7 Å². The minimum absolute atomic E-state index is 0. The Kier molecular flexibility index (Phi) is 8.93. The maximum Gasteiger partial charge on any atom is 0 e. The fourth-order valence-electron chi connectivity index (χ4n) is 12.1. The molecule has 8 fully saturated rings. The van der Waals surface area contributed by atoms with Gasteiger partial charge >= 0.3 is 0 Å². The van der Waals surface area contributed by atoms with Gasteiger partial charge in [-0.15, -0.1) is 18.5 Å². The average molecular weight is 631 g/mol. The topological polar surface area (TPSA) is 0 Å². The summed E-state index contributed by atoms with van der Waals surface area (Å²) in [5, 5.41) is 4.54. The van der Waals surface area contributed by atoms with Crippen LogP contribution in [0.3, 0.4) is 0 Å². The molecule has 0 heterocycles. The maximum absolute atomic E-state index is 2.71. The second-order valence-corrected chi connectivity index (χ2v) is 23.5. The zero-order valence-electron chi connectivity index (χ0n) is 26.7. The van der Waals surface area contributed by atoms with Gasteiger partial charge in [-0.2, -0.15) is 6.07 Å². The predicted octanol–water partition coefficient (Wildman–Crippen LogP) is 10.3. The standard InChI is InChI=1S/C33H51P2.C5H5.Fe/c1-32(2,3)35(33(4,5)6)29-9-7-8-28(29)34(30-24-12-20-10-21(14-24)15-25(30)13-20)31-26-16-22-11-23(18-26)19-27(31)17-22;1-2-4-5-3-1;/h7-9,20-27,30-31H,10-19H2,1-6H3;1-5H;/q-1;-5;. The second kappa shape index (κ2) is 11.8. The number of rotatable bonds is 4. The fraction of sp³-hybridized carbons (Fsp3) is 0.737. The van der Waals surface area contributed by atoms with Gasteiger partial charge in [0.05, 0.1) is 0 Å². The fourth-order valence-corrected chi connectivity index (χ4v) is 21.2. The van der Waals surface area contributed by atoms with Crippen molar-refractivity contribution in [1.82, 2.24) is 0 Å². The molecule has 0 N–H and O–H groups in total. The summed E-state index contributed by atoms with van der Waals surface area (Å²) in [6.07, 6.45) is 16.0. The zero-order valence-corrected chi connectivity index (χ0v) is 29.6. The molecule has 8 aliphatic rings. The van der Waals surface area contributed by atoms with Crippen molar-refractivity contribution in [3.05, 3.63) is 48.5 Å². The summed E-state index contributed by atoms with van der Waals surface area (Å²) in [7, 11) is -0.259. The summed E-state index contributed by atoms with van der Waals surface area (Å²) in [5.41, 5.74) is 2.14. The van der Waals surface area contributed by atoms with E-state index < -0.39 is 0 Å². The Labute approximate surface area is 265 Å². The molecule has 0 amide bonds. The molecular weight excluding hydrogens is 574 g/mol. The minimum Gasteiger partial charge on any atom is -0.748 e. The molecule has 8 bridgehead atoms. The van der Waals surface area contributed by atoms with E-state index in [1.165, 1.54) is 0 Å². The van der Waals surface area contributed by atoms with E-state index in [1.54, 1.807) is 64.2 Å². The van der Waals surface area contributed by atoms with Crippen LogP contribution in [0.5, 0.6) is 0 Å². The van der Waals surface area contributed by atoms with Gasteiger partial charge in [-0.05, 0) is 133 Å². The Hall–Kier alpha value is 0.0795. The van der Waals surface area contributed by atoms with E-state index >= 15 is 0 Å². The van der Waals surface area contributed by atoms with Gasteiger partial charge in [0.15, 0.2) is 0 Å². The summed E-state index contributed by atoms with van der Waals surface area (Å²) in [6, 6.07) is 17.9. The largest absolute Gasteiger partial charge is 0.748 e. The predicted molar refractivity (Wildman–Crippen MR) is 178 cm³/mol. The van der Waals surface area contributed by atoms with E-state index in [4.69, 9.17) is 0 Å². The summed E-state index contributed by atoms with van der Waals surface area (Å²) >= 11 is 0. The molecule has 8 saturated carbocycles. The van der Waals surface area contributed by atoms with Crippen molar-refractivity contribution in [2.24, 2.45) is 47.3 Å². The molecule has 0 aliphatic heterocycles. The summed E-state index contributed by atoms with van der Waals surface area (Å²) in [6.45, 7) is 15.3. The van der Waals surface area contributed by atoms with Crippen molar-refractivity contribution in [2.75, 3.05) is 0 Å². The Morgan fingerprint density at radius 3 is 1.24 bits per heavy atom. The molecule has 0 nitrogen and oxygen atoms in total. The van der Waals surface area contributed by atoms with Crippen LogP contribution in [0.2, 0.25) is 0 Å². The van der Waals surface area contributed by atoms with E-state index in [1.807, 2.05) is 40.9 Å². The van der Waals surface area contributed by atoms with Gasteiger partial charge in [-0.25, -0.2) is 12.1 Å². The van der Waals surface area contributed by atoms with Crippen LogP contribution >= 0.6 is 15.8 Å². The van der Waals surface area contributed by atoms with E-state index in [0.29, 0.717) is 10.3 Å². The molecule has 0 spiro atoms.